The SMILES string of the molecule is O=C(Nc1ccc(F)cc1F)Nc1cnc2ccccc2c1-c1ccccc1. The van der Waals surface area contributed by atoms with Crippen LogP contribution in [0.4, 0.5) is 25.0 Å². The Kier molecular flexibility index (Phi) is 4.68. The Morgan fingerprint density at radius 1 is 0.821 bits per heavy atom. The first kappa shape index (κ1) is 17.6. The number of pyridine rings is 1. The lowest BCUT2D eigenvalue weighted by molar-refractivity contribution is 0.262. The van der Waals surface area contributed by atoms with E-state index in [0.717, 1.165) is 28.1 Å². The standard InChI is InChI=1S/C22H15F2N3O/c23-15-10-11-19(17(24)12-15)26-22(28)27-20-13-25-18-9-5-4-8-16(18)21(20)14-6-2-1-3-7-14/h1-13H,(H2,26,27,28). The Balaban J connectivity index is 1.71. The van der Waals surface area contributed by atoms with E-state index >= 15 is 0 Å². The van der Waals surface area contributed by atoms with E-state index < -0.39 is 17.7 Å². The van der Waals surface area contributed by atoms with Crippen LogP contribution in [0.2, 0.25) is 0 Å². The highest BCUT2D eigenvalue weighted by atomic mass is 19.1. The molecule has 1 heterocycles. The normalized spacial score (nSPS) is 10.6. The van der Waals surface area contributed by atoms with Crippen LogP contribution in [0.15, 0.2) is 79.0 Å². The molecule has 0 radical (unpaired) electrons. The predicted octanol–water partition coefficient (Wildman–Crippen LogP) is 5.82. The van der Waals surface area contributed by atoms with Gasteiger partial charge in [-0.15, -0.1) is 0 Å². The molecule has 0 fully saturated rings. The van der Waals surface area contributed by atoms with Gasteiger partial charge in [0, 0.05) is 17.0 Å². The Morgan fingerprint density at radius 3 is 2.32 bits per heavy atom. The smallest absolute Gasteiger partial charge is 0.306 e. The Bertz CT molecular complexity index is 1160. The summed E-state index contributed by atoms with van der Waals surface area (Å²) in [5.74, 6) is -1.57. The van der Waals surface area contributed by atoms with E-state index in [4.69, 9.17) is 0 Å². The molecule has 2 N–H and O–H groups in total. The van der Waals surface area contributed by atoms with Gasteiger partial charge in [0.15, 0.2) is 0 Å². The van der Waals surface area contributed by atoms with Gasteiger partial charge in [0.05, 0.1) is 23.1 Å². The van der Waals surface area contributed by atoms with E-state index in [9.17, 15) is 13.6 Å². The van der Waals surface area contributed by atoms with Gasteiger partial charge in [-0.2, -0.15) is 0 Å². The molecule has 0 bridgehead atoms. The molecule has 0 unspecified atom stereocenters. The third-order valence-corrected chi connectivity index (χ3v) is 4.27. The number of halogens is 2. The number of aromatic nitrogens is 1. The number of rotatable bonds is 3. The lowest BCUT2D eigenvalue weighted by Gasteiger charge is -2.15. The third kappa shape index (κ3) is 3.53. The lowest BCUT2D eigenvalue weighted by Crippen LogP contribution is -2.20. The highest BCUT2D eigenvalue weighted by Crippen LogP contribution is 2.34. The molecule has 0 saturated heterocycles. The summed E-state index contributed by atoms with van der Waals surface area (Å²) < 4.78 is 26.9. The van der Waals surface area contributed by atoms with Crippen molar-refractivity contribution >= 4 is 28.3 Å². The number of anilines is 2. The number of urea groups is 1. The van der Waals surface area contributed by atoms with Gasteiger partial charge < -0.3 is 10.6 Å². The summed E-state index contributed by atoms with van der Waals surface area (Å²) in [6.07, 6.45) is 1.56. The summed E-state index contributed by atoms with van der Waals surface area (Å²) in [7, 11) is 0. The van der Waals surface area contributed by atoms with Crippen molar-refractivity contribution < 1.29 is 13.6 Å². The first-order chi connectivity index (χ1) is 13.6. The minimum Gasteiger partial charge on any atom is -0.306 e. The molecule has 0 aliphatic heterocycles. The zero-order valence-electron chi connectivity index (χ0n) is 14.6. The average molecular weight is 375 g/mol. The number of nitrogens with zero attached hydrogens (tertiary/aromatic N) is 1. The van der Waals surface area contributed by atoms with Crippen LogP contribution in [0.25, 0.3) is 22.0 Å². The molecule has 0 atom stereocenters. The summed E-state index contributed by atoms with van der Waals surface area (Å²) in [6.45, 7) is 0. The molecule has 4 rings (SSSR count). The maximum absolute atomic E-state index is 13.8. The van der Waals surface area contributed by atoms with E-state index in [-0.39, 0.29) is 5.69 Å². The number of nitrogens with one attached hydrogen (secondary N) is 2. The van der Waals surface area contributed by atoms with Gasteiger partial charge in [-0.05, 0) is 23.8 Å². The zero-order valence-corrected chi connectivity index (χ0v) is 14.6. The molecule has 1 aromatic heterocycles. The number of para-hydroxylation sites is 1. The minimum absolute atomic E-state index is 0.117. The van der Waals surface area contributed by atoms with Crippen LogP contribution in [-0.4, -0.2) is 11.0 Å². The Morgan fingerprint density at radius 2 is 1.54 bits per heavy atom. The summed E-state index contributed by atoms with van der Waals surface area (Å²) in [4.78, 5) is 16.8. The fraction of sp³-hybridized carbons (Fsp3) is 0. The van der Waals surface area contributed by atoms with Crippen LogP contribution in [0.1, 0.15) is 0 Å². The largest absolute Gasteiger partial charge is 0.323 e. The van der Waals surface area contributed by atoms with Crippen LogP contribution in [-0.2, 0) is 0 Å². The highest BCUT2D eigenvalue weighted by Gasteiger charge is 2.14. The number of hydrogen-bond donors (Lipinski definition) is 2. The lowest BCUT2D eigenvalue weighted by atomic mass is 9.99. The molecule has 4 aromatic rings. The van der Waals surface area contributed by atoms with E-state index in [0.29, 0.717) is 11.8 Å². The van der Waals surface area contributed by atoms with Gasteiger partial charge in [-0.3, -0.25) is 4.98 Å². The number of carbonyl (C=O) groups is 1. The van der Waals surface area contributed by atoms with Gasteiger partial charge in [-0.1, -0.05) is 48.5 Å². The molecule has 3 aromatic carbocycles. The Labute approximate surface area is 159 Å². The molecule has 0 saturated carbocycles. The maximum atomic E-state index is 13.8. The van der Waals surface area contributed by atoms with E-state index in [1.54, 1.807) is 6.20 Å². The molecule has 0 aliphatic carbocycles. The molecular weight excluding hydrogens is 360 g/mol. The number of carbonyl (C=O) groups excluding carboxylic acids is 1. The minimum atomic E-state index is -0.852. The van der Waals surface area contributed by atoms with Gasteiger partial charge in [0.25, 0.3) is 0 Å². The fourth-order valence-electron chi connectivity index (χ4n) is 3.02. The second kappa shape index (κ2) is 7.44. The average Bonchev–Trinajstić information content (AvgIpc) is 2.70. The molecule has 6 heteroatoms. The molecule has 138 valence electrons. The topological polar surface area (TPSA) is 54.0 Å². The van der Waals surface area contributed by atoms with Crippen LogP contribution < -0.4 is 10.6 Å². The molecule has 28 heavy (non-hydrogen) atoms. The van der Waals surface area contributed by atoms with Crippen molar-refractivity contribution in [3.8, 4) is 11.1 Å². The van der Waals surface area contributed by atoms with E-state index in [2.05, 4.69) is 15.6 Å². The van der Waals surface area contributed by atoms with Gasteiger partial charge in [0.1, 0.15) is 11.6 Å². The summed E-state index contributed by atoms with van der Waals surface area (Å²) >= 11 is 0. The van der Waals surface area contributed by atoms with Crippen molar-refractivity contribution in [1.29, 1.82) is 0 Å². The van der Waals surface area contributed by atoms with Gasteiger partial charge >= 0.3 is 6.03 Å². The van der Waals surface area contributed by atoms with Crippen LogP contribution in [0.5, 0.6) is 0 Å². The molecule has 0 aliphatic rings. The van der Waals surface area contributed by atoms with Crippen LogP contribution in [0, 0.1) is 11.6 Å². The maximum Gasteiger partial charge on any atom is 0.323 e. The van der Waals surface area contributed by atoms with Crippen molar-refractivity contribution in [2.75, 3.05) is 10.6 Å². The molecule has 4 nitrogen and oxygen atoms in total. The fourth-order valence-corrected chi connectivity index (χ4v) is 3.02. The van der Waals surface area contributed by atoms with E-state index in [1.807, 2.05) is 54.6 Å². The first-order valence-corrected chi connectivity index (χ1v) is 8.58. The number of benzene rings is 3. The number of hydrogen-bond acceptors (Lipinski definition) is 2. The van der Waals surface area contributed by atoms with Crippen LogP contribution >= 0.6 is 0 Å². The van der Waals surface area contributed by atoms with Crippen molar-refractivity contribution in [3.05, 3.63) is 90.6 Å². The van der Waals surface area contributed by atoms with Crippen molar-refractivity contribution in [2.45, 2.75) is 0 Å². The van der Waals surface area contributed by atoms with Crippen molar-refractivity contribution in [2.24, 2.45) is 0 Å². The Hall–Kier alpha value is -3.80. The molecule has 2 amide bonds. The predicted molar refractivity (Wildman–Crippen MR) is 106 cm³/mol. The number of amides is 2. The molecule has 0 spiro atoms. The van der Waals surface area contributed by atoms with Crippen LogP contribution in [0.3, 0.4) is 0 Å². The second-order valence-electron chi connectivity index (χ2n) is 6.13. The monoisotopic (exact) mass is 375 g/mol. The van der Waals surface area contributed by atoms with Gasteiger partial charge in [0.2, 0.25) is 0 Å². The summed E-state index contributed by atoms with van der Waals surface area (Å²) in [5, 5.41) is 5.99. The van der Waals surface area contributed by atoms with Crippen molar-refractivity contribution in [3.63, 3.8) is 0 Å². The third-order valence-electron chi connectivity index (χ3n) is 4.27. The quantitative estimate of drug-likeness (QED) is 0.474. The highest BCUT2D eigenvalue weighted by molar-refractivity contribution is 6.07. The summed E-state index contributed by atoms with van der Waals surface area (Å²) in [5.41, 5.74) is 2.86. The number of fused-ring (bicyclic) bond motifs is 1. The zero-order chi connectivity index (χ0) is 19.5. The summed E-state index contributed by atoms with van der Waals surface area (Å²) in [6, 6.07) is 19.5. The van der Waals surface area contributed by atoms with Crippen molar-refractivity contribution in [1.82, 2.24) is 4.98 Å². The first-order valence-electron chi connectivity index (χ1n) is 8.58. The van der Waals surface area contributed by atoms with E-state index in [1.165, 1.54) is 6.07 Å². The second-order valence-corrected chi connectivity index (χ2v) is 6.13. The molecular formula is C22H15F2N3O. The van der Waals surface area contributed by atoms with Gasteiger partial charge in [-0.25, -0.2) is 13.6 Å².